The Balaban J connectivity index is 0.00000380. The number of carbonyl (C=O) groups excluding carboxylic acids is 2. The maximum absolute atomic E-state index is 12.9. The van der Waals surface area contributed by atoms with Crippen LogP contribution in [0.4, 0.5) is 0 Å². The minimum Gasteiger partial charge on any atom is -0.508 e. The number of ketones is 1. The summed E-state index contributed by atoms with van der Waals surface area (Å²) in [5.74, 6) is -0.0229. The molecule has 0 radical (unpaired) electrons. The summed E-state index contributed by atoms with van der Waals surface area (Å²) in [5.41, 5.74) is 1.98. The molecular formula is C28H31ClN2O6. The van der Waals surface area contributed by atoms with E-state index in [1.165, 1.54) is 31.4 Å². The third-order valence-corrected chi connectivity index (χ3v) is 6.23. The molecule has 0 aliphatic carbocycles. The number of phenols is 2. The summed E-state index contributed by atoms with van der Waals surface area (Å²) >= 11 is 0. The van der Waals surface area contributed by atoms with Gasteiger partial charge < -0.3 is 30.3 Å². The number of benzene rings is 3. The van der Waals surface area contributed by atoms with Crippen molar-refractivity contribution in [3.8, 4) is 17.2 Å². The highest BCUT2D eigenvalue weighted by molar-refractivity contribution is 6.10. The van der Waals surface area contributed by atoms with E-state index in [2.05, 4.69) is 10.6 Å². The van der Waals surface area contributed by atoms with E-state index in [9.17, 15) is 19.8 Å². The molecule has 2 unspecified atom stereocenters. The Morgan fingerprint density at radius 3 is 2.41 bits per heavy atom. The van der Waals surface area contributed by atoms with Gasteiger partial charge in [-0.05, 0) is 67.4 Å². The molecule has 0 spiro atoms. The van der Waals surface area contributed by atoms with Crippen molar-refractivity contribution in [3.63, 3.8) is 0 Å². The zero-order chi connectivity index (χ0) is 25.5. The Kier molecular flexibility index (Phi) is 9.91. The average Bonchev–Trinajstić information content (AvgIpc) is 3.13. The molecule has 37 heavy (non-hydrogen) atoms. The van der Waals surface area contributed by atoms with Gasteiger partial charge in [0.25, 0.3) is 5.91 Å². The van der Waals surface area contributed by atoms with Crippen molar-refractivity contribution < 1.29 is 29.3 Å². The van der Waals surface area contributed by atoms with E-state index in [1.54, 1.807) is 30.3 Å². The van der Waals surface area contributed by atoms with Crippen LogP contribution in [0.2, 0.25) is 0 Å². The highest BCUT2D eigenvalue weighted by Gasteiger charge is 2.26. The van der Waals surface area contributed by atoms with Crippen LogP contribution in [0.1, 0.15) is 44.7 Å². The molecule has 2 atom stereocenters. The van der Waals surface area contributed by atoms with E-state index in [-0.39, 0.29) is 53.3 Å². The SMILES string of the molecule is COc1ccc(O)c(C(=O)c2ccc(COC3CCCNCC3NC(=O)c3ccc(O)cc3)cc2)c1.Cl. The summed E-state index contributed by atoms with van der Waals surface area (Å²) in [5, 5.41) is 25.9. The molecule has 3 aromatic rings. The number of ether oxygens (including phenoxy) is 2. The Bertz CT molecular complexity index is 1200. The third kappa shape index (κ3) is 7.22. The summed E-state index contributed by atoms with van der Waals surface area (Å²) in [4.78, 5) is 25.6. The molecule has 1 saturated heterocycles. The number of aromatic hydroxyl groups is 2. The van der Waals surface area contributed by atoms with E-state index in [0.717, 1.165) is 24.9 Å². The number of rotatable bonds is 8. The first-order valence-corrected chi connectivity index (χ1v) is 11.9. The fourth-order valence-electron chi connectivity index (χ4n) is 4.16. The molecule has 1 amide bonds. The average molecular weight is 527 g/mol. The molecule has 1 heterocycles. The van der Waals surface area contributed by atoms with Crippen molar-refractivity contribution in [2.24, 2.45) is 0 Å². The largest absolute Gasteiger partial charge is 0.508 e. The van der Waals surface area contributed by atoms with Gasteiger partial charge in [-0.25, -0.2) is 0 Å². The number of carbonyl (C=O) groups is 2. The fraction of sp³-hybridized carbons (Fsp3) is 0.286. The predicted octanol–water partition coefficient (Wildman–Crippen LogP) is 3.83. The summed E-state index contributed by atoms with van der Waals surface area (Å²) in [6.07, 6.45) is 1.53. The number of halogens is 1. The summed E-state index contributed by atoms with van der Waals surface area (Å²) < 4.78 is 11.4. The van der Waals surface area contributed by atoms with Gasteiger partial charge in [-0.3, -0.25) is 9.59 Å². The number of amides is 1. The Morgan fingerprint density at radius 2 is 1.70 bits per heavy atom. The van der Waals surface area contributed by atoms with Gasteiger partial charge in [0.1, 0.15) is 17.2 Å². The van der Waals surface area contributed by atoms with Crippen molar-refractivity contribution in [2.45, 2.75) is 31.6 Å². The zero-order valence-corrected chi connectivity index (χ0v) is 21.3. The first-order valence-electron chi connectivity index (χ1n) is 11.9. The quantitative estimate of drug-likeness (QED) is 0.330. The minimum atomic E-state index is -0.300. The number of nitrogens with one attached hydrogen (secondary N) is 2. The third-order valence-electron chi connectivity index (χ3n) is 6.23. The van der Waals surface area contributed by atoms with Gasteiger partial charge in [-0.2, -0.15) is 0 Å². The van der Waals surface area contributed by atoms with Crippen molar-refractivity contribution in [1.29, 1.82) is 0 Å². The van der Waals surface area contributed by atoms with Gasteiger partial charge in [0.15, 0.2) is 5.78 Å². The van der Waals surface area contributed by atoms with Crippen LogP contribution < -0.4 is 15.4 Å². The second-order valence-electron chi connectivity index (χ2n) is 8.73. The Hall–Kier alpha value is -3.59. The maximum Gasteiger partial charge on any atom is 0.251 e. The van der Waals surface area contributed by atoms with Crippen LogP contribution in [0.15, 0.2) is 66.7 Å². The Morgan fingerprint density at radius 1 is 1.00 bits per heavy atom. The molecule has 8 nitrogen and oxygen atoms in total. The van der Waals surface area contributed by atoms with E-state index >= 15 is 0 Å². The van der Waals surface area contributed by atoms with Gasteiger partial charge in [-0.1, -0.05) is 24.3 Å². The minimum absolute atomic E-state index is 0. The van der Waals surface area contributed by atoms with Crippen LogP contribution in [0, 0.1) is 0 Å². The second-order valence-corrected chi connectivity index (χ2v) is 8.73. The van der Waals surface area contributed by atoms with Crippen LogP contribution in [0.25, 0.3) is 0 Å². The van der Waals surface area contributed by atoms with Crippen LogP contribution in [0.3, 0.4) is 0 Å². The molecule has 0 bridgehead atoms. The smallest absolute Gasteiger partial charge is 0.251 e. The lowest BCUT2D eigenvalue weighted by atomic mass is 10.0. The van der Waals surface area contributed by atoms with Crippen molar-refractivity contribution in [3.05, 3.63) is 89.0 Å². The number of hydrogen-bond donors (Lipinski definition) is 4. The van der Waals surface area contributed by atoms with Crippen LogP contribution in [0.5, 0.6) is 17.2 Å². The highest BCUT2D eigenvalue weighted by Crippen LogP contribution is 2.26. The lowest BCUT2D eigenvalue weighted by Gasteiger charge is -2.26. The lowest BCUT2D eigenvalue weighted by molar-refractivity contribution is 0.0135. The first-order chi connectivity index (χ1) is 17.4. The van der Waals surface area contributed by atoms with E-state index in [0.29, 0.717) is 30.0 Å². The number of phenolic OH excluding ortho intramolecular Hbond substituents is 2. The maximum atomic E-state index is 12.9. The topological polar surface area (TPSA) is 117 Å². The van der Waals surface area contributed by atoms with E-state index in [4.69, 9.17) is 9.47 Å². The van der Waals surface area contributed by atoms with Crippen molar-refractivity contribution in [2.75, 3.05) is 20.2 Å². The van der Waals surface area contributed by atoms with Crippen LogP contribution in [-0.2, 0) is 11.3 Å². The molecular weight excluding hydrogens is 496 g/mol. The molecule has 0 aromatic heterocycles. The normalized spacial score (nSPS) is 17.2. The van der Waals surface area contributed by atoms with E-state index < -0.39 is 0 Å². The lowest BCUT2D eigenvalue weighted by Crippen LogP contribution is -2.48. The van der Waals surface area contributed by atoms with E-state index in [1.807, 2.05) is 12.1 Å². The fourth-order valence-corrected chi connectivity index (χ4v) is 4.16. The highest BCUT2D eigenvalue weighted by atomic mass is 35.5. The molecule has 4 rings (SSSR count). The summed E-state index contributed by atoms with van der Waals surface area (Å²) in [7, 11) is 1.50. The van der Waals surface area contributed by atoms with Crippen LogP contribution in [-0.4, -0.2) is 54.2 Å². The molecule has 1 fully saturated rings. The number of hydrogen-bond acceptors (Lipinski definition) is 7. The van der Waals surface area contributed by atoms with Gasteiger partial charge >= 0.3 is 0 Å². The van der Waals surface area contributed by atoms with Gasteiger partial charge in [0.2, 0.25) is 0 Å². The molecule has 196 valence electrons. The van der Waals surface area contributed by atoms with Crippen molar-refractivity contribution >= 4 is 24.1 Å². The second kappa shape index (κ2) is 13.1. The Labute approximate surface area is 222 Å². The van der Waals surface area contributed by atoms with Crippen LogP contribution >= 0.6 is 12.4 Å². The summed E-state index contributed by atoms with van der Waals surface area (Å²) in [6, 6.07) is 17.5. The standard InChI is InChI=1S/C28H30N2O6.ClH/c1-35-22-12-13-25(32)23(15-22)27(33)19-6-4-18(5-7-19)17-36-26-3-2-14-29-16-24(26)30-28(34)20-8-10-21(31)11-9-20;/h4-13,15,24,26,29,31-32H,2-3,14,16-17H2,1H3,(H,30,34);1H. The monoisotopic (exact) mass is 526 g/mol. The first kappa shape index (κ1) is 28.0. The molecule has 1 aliphatic heterocycles. The molecule has 1 aliphatic rings. The summed E-state index contributed by atoms with van der Waals surface area (Å²) in [6.45, 7) is 1.76. The molecule has 4 N–H and O–H groups in total. The van der Waals surface area contributed by atoms with Gasteiger partial charge in [-0.15, -0.1) is 12.4 Å². The number of methoxy groups -OCH3 is 1. The van der Waals surface area contributed by atoms with Gasteiger partial charge in [0.05, 0.1) is 31.4 Å². The molecule has 9 heteroatoms. The van der Waals surface area contributed by atoms with Gasteiger partial charge in [0, 0.05) is 17.7 Å². The zero-order valence-electron chi connectivity index (χ0n) is 20.5. The van der Waals surface area contributed by atoms with Crippen molar-refractivity contribution in [1.82, 2.24) is 10.6 Å². The molecule has 0 saturated carbocycles. The molecule has 3 aromatic carbocycles. The predicted molar refractivity (Wildman–Crippen MR) is 142 cm³/mol.